The highest BCUT2D eigenvalue weighted by Gasteiger charge is 2.45. The van der Waals surface area contributed by atoms with Crippen LogP contribution in [-0.2, 0) is 15.6 Å². The molecule has 3 rings (SSSR count). The molecule has 0 saturated heterocycles. The average Bonchev–Trinajstić information content (AvgIpc) is 3.45. The Balaban J connectivity index is 1.72. The standard InChI is InChI=1S/C19H21NO3S/c21-19(18-11-12-18,17-9-5-2-6-10-17)15-20-24(22,23)14-13-16-7-3-1-4-8-16/h1-10,13-14,18,20-21H,11-12,15H2. The van der Waals surface area contributed by atoms with Crippen LogP contribution in [0.4, 0.5) is 0 Å². The van der Waals surface area contributed by atoms with E-state index in [2.05, 4.69) is 4.72 Å². The zero-order chi connectivity index (χ0) is 17.0. The molecule has 1 atom stereocenters. The van der Waals surface area contributed by atoms with Crippen molar-refractivity contribution in [2.75, 3.05) is 6.54 Å². The lowest BCUT2D eigenvalue weighted by Crippen LogP contribution is -2.41. The third kappa shape index (κ3) is 4.12. The second kappa shape index (κ2) is 6.89. The zero-order valence-electron chi connectivity index (χ0n) is 13.3. The van der Waals surface area contributed by atoms with Gasteiger partial charge in [0.25, 0.3) is 0 Å². The van der Waals surface area contributed by atoms with E-state index in [1.165, 1.54) is 0 Å². The summed E-state index contributed by atoms with van der Waals surface area (Å²) in [6, 6.07) is 18.5. The topological polar surface area (TPSA) is 66.4 Å². The van der Waals surface area contributed by atoms with Gasteiger partial charge < -0.3 is 5.11 Å². The molecule has 0 amide bonds. The Labute approximate surface area is 142 Å². The molecule has 0 aromatic heterocycles. The summed E-state index contributed by atoms with van der Waals surface area (Å²) in [6.07, 6.45) is 3.36. The van der Waals surface area contributed by atoms with E-state index in [1.54, 1.807) is 6.08 Å². The number of aliphatic hydroxyl groups is 1. The maximum Gasteiger partial charge on any atom is 0.233 e. The molecule has 1 fully saturated rings. The number of rotatable bonds is 7. The van der Waals surface area contributed by atoms with Gasteiger partial charge >= 0.3 is 0 Å². The summed E-state index contributed by atoms with van der Waals surface area (Å²) >= 11 is 0. The van der Waals surface area contributed by atoms with E-state index in [9.17, 15) is 13.5 Å². The van der Waals surface area contributed by atoms with Gasteiger partial charge in [-0.2, -0.15) is 0 Å². The summed E-state index contributed by atoms with van der Waals surface area (Å²) in [5.41, 5.74) is 0.403. The van der Waals surface area contributed by atoms with Crippen molar-refractivity contribution in [2.45, 2.75) is 18.4 Å². The third-order valence-corrected chi connectivity index (χ3v) is 5.35. The molecule has 2 aromatic carbocycles. The molecule has 4 nitrogen and oxygen atoms in total. The zero-order valence-corrected chi connectivity index (χ0v) is 14.1. The second-order valence-electron chi connectivity index (χ2n) is 6.14. The number of benzene rings is 2. The molecule has 126 valence electrons. The first-order chi connectivity index (χ1) is 11.5. The number of sulfonamides is 1. The van der Waals surface area contributed by atoms with Crippen LogP contribution >= 0.6 is 0 Å². The maximum atomic E-state index is 12.2. The summed E-state index contributed by atoms with van der Waals surface area (Å²) in [5, 5.41) is 12.2. The minimum Gasteiger partial charge on any atom is -0.383 e. The monoisotopic (exact) mass is 343 g/mol. The van der Waals surface area contributed by atoms with Gasteiger partial charge in [0.1, 0.15) is 5.60 Å². The van der Waals surface area contributed by atoms with Gasteiger partial charge in [0.2, 0.25) is 10.0 Å². The van der Waals surface area contributed by atoms with Crippen molar-refractivity contribution in [3.63, 3.8) is 0 Å². The molecule has 5 heteroatoms. The van der Waals surface area contributed by atoms with Gasteiger partial charge in [-0.15, -0.1) is 0 Å². The van der Waals surface area contributed by atoms with E-state index in [0.717, 1.165) is 29.4 Å². The molecule has 1 unspecified atom stereocenters. The molecule has 2 N–H and O–H groups in total. The molecule has 0 radical (unpaired) electrons. The molecule has 0 aliphatic heterocycles. The Morgan fingerprint density at radius 1 is 1.04 bits per heavy atom. The van der Waals surface area contributed by atoms with Crippen LogP contribution in [-0.4, -0.2) is 20.1 Å². The van der Waals surface area contributed by atoms with E-state index in [0.29, 0.717) is 0 Å². The SMILES string of the molecule is O=S(=O)(C=Cc1ccccc1)NCC(O)(c1ccccc1)C1CC1. The Bertz CT molecular complexity index is 799. The van der Waals surface area contributed by atoms with Gasteiger partial charge in [-0.1, -0.05) is 60.7 Å². The normalized spacial score (nSPS) is 17.7. The fraction of sp³-hybridized carbons (Fsp3) is 0.263. The van der Waals surface area contributed by atoms with Gasteiger partial charge in [0.05, 0.1) is 0 Å². The van der Waals surface area contributed by atoms with Crippen LogP contribution in [0.2, 0.25) is 0 Å². The molecular weight excluding hydrogens is 322 g/mol. The fourth-order valence-electron chi connectivity index (χ4n) is 2.76. The number of hydrogen-bond donors (Lipinski definition) is 2. The van der Waals surface area contributed by atoms with Crippen molar-refractivity contribution < 1.29 is 13.5 Å². The van der Waals surface area contributed by atoms with E-state index in [1.807, 2.05) is 60.7 Å². The maximum absolute atomic E-state index is 12.2. The van der Waals surface area contributed by atoms with Gasteiger partial charge in [-0.05, 0) is 36.0 Å². The van der Waals surface area contributed by atoms with Crippen LogP contribution in [0.25, 0.3) is 6.08 Å². The predicted molar refractivity (Wildman–Crippen MR) is 95.5 cm³/mol. The lowest BCUT2D eigenvalue weighted by molar-refractivity contribution is 0.0186. The predicted octanol–water partition coefficient (Wildman–Crippen LogP) is 2.87. The molecule has 24 heavy (non-hydrogen) atoms. The quantitative estimate of drug-likeness (QED) is 0.812. The summed E-state index contributed by atoms with van der Waals surface area (Å²) in [4.78, 5) is 0. The van der Waals surface area contributed by atoms with Crippen molar-refractivity contribution in [3.05, 3.63) is 77.2 Å². The van der Waals surface area contributed by atoms with Crippen molar-refractivity contribution in [1.82, 2.24) is 4.72 Å². The largest absolute Gasteiger partial charge is 0.383 e. The Hall–Kier alpha value is -1.95. The van der Waals surface area contributed by atoms with Crippen LogP contribution in [0.15, 0.2) is 66.1 Å². The highest BCUT2D eigenvalue weighted by molar-refractivity contribution is 7.92. The van der Waals surface area contributed by atoms with Crippen molar-refractivity contribution in [3.8, 4) is 0 Å². The molecule has 1 saturated carbocycles. The first-order valence-electron chi connectivity index (χ1n) is 8.00. The number of hydrogen-bond acceptors (Lipinski definition) is 3. The molecule has 1 aliphatic carbocycles. The Morgan fingerprint density at radius 2 is 1.62 bits per heavy atom. The molecule has 1 aliphatic rings. The van der Waals surface area contributed by atoms with Crippen molar-refractivity contribution in [2.24, 2.45) is 5.92 Å². The van der Waals surface area contributed by atoms with Crippen LogP contribution in [0.3, 0.4) is 0 Å². The number of nitrogens with one attached hydrogen (secondary N) is 1. The van der Waals surface area contributed by atoms with Crippen LogP contribution in [0.1, 0.15) is 24.0 Å². The smallest absolute Gasteiger partial charge is 0.233 e. The van der Waals surface area contributed by atoms with Gasteiger partial charge in [-0.25, -0.2) is 13.1 Å². The summed E-state index contributed by atoms with van der Waals surface area (Å²) in [7, 11) is -3.62. The Morgan fingerprint density at radius 3 is 2.21 bits per heavy atom. The van der Waals surface area contributed by atoms with Gasteiger partial charge in [0.15, 0.2) is 0 Å². The van der Waals surface area contributed by atoms with E-state index in [-0.39, 0.29) is 12.5 Å². The van der Waals surface area contributed by atoms with Crippen LogP contribution < -0.4 is 4.72 Å². The molecule has 0 bridgehead atoms. The first kappa shape index (κ1) is 16.9. The van der Waals surface area contributed by atoms with Crippen LogP contribution in [0, 0.1) is 5.92 Å². The van der Waals surface area contributed by atoms with E-state index in [4.69, 9.17) is 0 Å². The molecule has 0 spiro atoms. The van der Waals surface area contributed by atoms with Crippen molar-refractivity contribution in [1.29, 1.82) is 0 Å². The molecule has 2 aromatic rings. The van der Waals surface area contributed by atoms with E-state index >= 15 is 0 Å². The second-order valence-corrected chi connectivity index (χ2v) is 7.79. The highest BCUT2D eigenvalue weighted by Crippen LogP contribution is 2.45. The third-order valence-electron chi connectivity index (χ3n) is 4.31. The summed E-state index contributed by atoms with van der Waals surface area (Å²) in [6.45, 7) is -0.0247. The van der Waals surface area contributed by atoms with Gasteiger partial charge in [0, 0.05) is 12.0 Å². The van der Waals surface area contributed by atoms with Crippen molar-refractivity contribution >= 4 is 16.1 Å². The highest BCUT2D eigenvalue weighted by atomic mass is 32.2. The van der Waals surface area contributed by atoms with Gasteiger partial charge in [-0.3, -0.25) is 0 Å². The minimum absolute atomic E-state index is 0.0247. The fourth-order valence-corrected chi connectivity index (χ4v) is 3.61. The lowest BCUT2D eigenvalue weighted by Gasteiger charge is -2.28. The molecular formula is C19H21NO3S. The Kier molecular flexibility index (Phi) is 4.85. The van der Waals surface area contributed by atoms with Crippen LogP contribution in [0.5, 0.6) is 0 Å². The lowest BCUT2D eigenvalue weighted by atomic mass is 9.89. The summed E-state index contributed by atoms with van der Waals surface area (Å²) in [5.74, 6) is 0.0979. The average molecular weight is 343 g/mol. The van der Waals surface area contributed by atoms with E-state index < -0.39 is 15.6 Å². The summed E-state index contributed by atoms with van der Waals surface area (Å²) < 4.78 is 27.0. The minimum atomic E-state index is -3.62. The first-order valence-corrected chi connectivity index (χ1v) is 9.55. The molecule has 0 heterocycles.